The SMILES string of the molecule is O=C(NCCCSC1=CC(=O)c2oncc2C1=O)Nc1ccccc1. The predicted molar refractivity (Wildman–Crippen MR) is 93.8 cm³/mol. The summed E-state index contributed by atoms with van der Waals surface area (Å²) in [6.45, 7) is 0.458. The number of hydrogen-bond acceptors (Lipinski definition) is 6. The first-order chi connectivity index (χ1) is 12.1. The first-order valence-electron chi connectivity index (χ1n) is 7.63. The zero-order valence-electron chi connectivity index (χ0n) is 13.2. The summed E-state index contributed by atoms with van der Waals surface area (Å²) in [5.74, 6) is -0.0175. The Hall–Kier alpha value is -2.87. The van der Waals surface area contributed by atoms with Crippen LogP contribution in [0.1, 0.15) is 27.3 Å². The number of thioether (sulfide) groups is 1. The van der Waals surface area contributed by atoms with Gasteiger partial charge in [-0.1, -0.05) is 23.4 Å². The van der Waals surface area contributed by atoms with Crippen molar-refractivity contribution in [2.24, 2.45) is 0 Å². The number of rotatable bonds is 6. The van der Waals surface area contributed by atoms with Crippen molar-refractivity contribution in [2.75, 3.05) is 17.6 Å². The van der Waals surface area contributed by atoms with Gasteiger partial charge in [-0.15, -0.1) is 11.8 Å². The molecule has 1 aliphatic rings. The van der Waals surface area contributed by atoms with E-state index in [9.17, 15) is 14.4 Å². The Morgan fingerprint density at radius 1 is 1.20 bits per heavy atom. The number of Topliss-reactive ketones (excluding diaryl/α,β-unsaturated/α-hetero) is 1. The van der Waals surface area contributed by atoms with E-state index in [1.807, 2.05) is 18.2 Å². The van der Waals surface area contributed by atoms with E-state index in [1.165, 1.54) is 24.0 Å². The third kappa shape index (κ3) is 4.16. The van der Waals surface area contributed by atoms with Crippen LogP contribution in [0.15, 0.2) is 52.0 Å². The highest BCUT2D eigenvalue weighted by molar-refractivity contribution is 8.04. The summed E-state index contributed by atoms with van der Waals surface area (Å²) in [4.78, 5) is 36.1. The normalized spacial score (nSPS) is 13.2. The van der Waals surface area contributed by atoms with Crippen LogP contribution < -0.4 is 10.6 Å². The number of ketones is 2. The molecule has 0 fully saturated rings. The number of allylic oxidation sites excluding steroid dienone is 2. The molecule has 8 heteroatoms. The molecule has 0 unspecified atom stereocenters. The first kappa shape index (κ1) is 17.0. The van der Waals surface area contributed by atoms with Gasteiger partial charge in [0.15, 0.2) is 0 Å². The van der Waals surface area contributed by atoms with Crippen LogP contribution >= 0.6 is 11.8 Å². The second kappa shape index (κ2) is 7.80. The van der Waals surface area contributed by atoms with Gasteiger partial charge in [0.05, 0.1) is 16.7 Å². The lowest BCUT2D eigenvalue weighted by atomic mass is 10.0. The number of urea groups is 1. The minimum Gasteiger partial charge on any atom is -0.352 e. The smallest absolute Gasteiger partial charge is 0.319 e. The number of benzene rings is 1. The molecule has 0 saturated heterocycles. The van der Waals surface area contributed by atoms with Gasteiger partial charge in [-0.3, -0.25) is 9.59 Å². The summed E-state index contributed by atoms with van der Waals surface area (Å²) in [6, 6.07) is 8.86. The minimum absolute atomic E-state index is 0.00593. The van der Waals surface area contributed by atoms with Crippen molar-refractivity contribution in [3.05, 3.63) is 58.8 Å². The van der Waals surface area contributed by atoms with Crippen molar-refractivity contribution in [1.29, 1.82) is 0 Å². The van der Waals surface area contributed by atoms with Crippen LogP contribution in [0, 0.1) is 0 Å². The van der Waals surface area contributed by atoms with E-state index >= 15 is 0 Å². The van der Waals surface area contributed by atoms with Crippen LogP contribution in [-0.4, -0.2) is 35.1 Å². The van der Waals surface area contributed by atoms with E-state index in [4.69, 9.17) is 4.52 Å². The fraction of sp³-hybridized carbons (Fsp3) is 0.176. The van der Waals surface area contributed by atoms with Gasteiger partial charge in [0.2, 0.25) is 17.3 Å². The molecule has 0 spiro atoms. The van der Waals surface area contributed by atoms with E-state index < -0.39 is 0 Å². The highest BCUT2D eigenvalue weighted by Crippen LogP contribution is 2.28. The average Bonchev–Trinajstić information content (AvgIpc) is 3.10. The first-order valence-corrected chi connectivity index (χ1v) is 8.62. The fourth-order valence-electron chi connectivity index (χ4n) is 2.22. The number of fused-ring (bicyclic) bond motifs is 1. The average molecular weight is 357 g/mol. The molecule has 2 aromatic rings. The van der Waals surface area contributed by atoms with Gasteiger partial charge >= 0.3 is 6.03 Å². The number of para-hydroxylation sites is 1. The molecule has 1 aromatic heterocycles. The summed E-state index contributed by atoms with van der Waals surface area (Å²) < 4.78 is 4.78. The maximum Gasteiger partial charge on any atom is 0.319 e. The summed E-state index contributed by atoms with van der Waals surface area (Å²) in [5.41, 5.74) is 0.922. The summed E-state index contributed by atoms with van der Waals surface area (Å²) >= 11 is 1.28. The number of nitrogens with one attached hydrogen (secondary N) is 2. The van der Waals surface area contributed by atoms with E-state index in [0.717, 1.165) is 5.69 Å². The third-order valence-corrected chi connectivity index (χ3v) is 4.53. The molecule has 7 nitrogen and oxygen atoms in total. The van der Waals surface area contributed by atoms with E-state index in [1.54, 1.807) is 12.1 Å². The molecule has 1 heterocycles. The Balaban J connectivity index is 1.40. The standard InChI is InChI=1S/C17H15N3O4S/c21-13-9-14(15(22)12-10-19-24-16(12)13)25-8-4-7-18-17(23)20-11-5-2-1-3-6-11/h1-3,5-6,9-10H,4,7-8H2,(H2,18,20,23). The third-order valence-electron chi connectivity index (χ3n) is 3.42. The molecule has 1 aliphatic carbocycles. The monoisotopic (exact) mass is 357 g/mol. The lowest BCUT2D eigenvalue weighted by Crippen LogP contribution is -2.29. The minimum atomic E-state index is -0.352. The molecule has 0 bridgehead atoms. The molecule has 0 aliphatic heterocycles. The van der Waals surface area contributed by atoms with Gasteiger partial charge in [0.25, 0.3) is 0 Å². The molecular formula is C17H15N3O4S. The highest BCUT2D eigenvalue weighted by atomic mass is 32.2. The lowest BCUT2D eigenvalue weighted by Gasteiger charge is -2.10. The molecule has 128 valence electrons. The summed E-state index contributed by atoms with van der Waals surface area (Å²) in [7, 11) is 0. The number of hydrogen-bond donors (Lipinski definition) is 2. The van der Waals surface area contributed by atoms with E-state index in [-0.39, 0.29) is 28.9 Å². The summed E-state index contributed by atoms with van der Waals surface area (Å²) in [5, 5.41) is 8.95. The van der Waals surface area contributed by atoms with E-state index in [2.05, 4.69) is 15.8 Å². The number of carbonyl (C=O) groups excluding carboxylic acids is 3. The van der Waals surface area contributed by atoms with Crippen molar-refractivity contribution < 1.29 is 18.9 Å². The van der Waals surface area contributed by atoms with Crippen LogP contribution in [0.4, 0.5) is 10.5 Å². The molecule has 2 amide bonds. The Labute approximate surface area is 147 Å². The Bertz CT molecular complexity index is 829. The van der Waals surface area contributed by atoms with Crippen LogP contribution in [0.5, 0.6) is 0 Å². The van der Waals surface area contributed by atoms with Crippen molar-refractivity contribution in [1.82, 2.24) is 10.5 Å². The Morgan fingerprint density at radius 3 is 2.80 bits per heavy atom. The molecule has 25 heavy (non-hydrogen) atoms. The summed E-state index contributed by atoms with van der Waals surface area (Å²) in [6.07, 6.45) is 3.19. The van der Waals surface area contributed by atoms with Crippen LogP contribution in [-0.2, 0) is 0 Å². The Morgan fingerprint density at radius 2 is 2.00 bits per heavy atom. The molecule has 0 radical (unpaired) electrons. The quantitative estimate of drug-likeness (QED) is 0.771. The van der Waals surface area contributed by atoms with Gasteiger partial charge < -0.3 is 15.2 Å². The number of nitrogens with zero attached hydrogens (tertiary/aromatic N) is 1. The van der Waals surface area contributed by atoms with Crippen molar-refractivity contribution in [3.63, 3.8) is 0 Å². The molecule has 0 saturated carbocycles. The number of carbonyl (C=O) groups is 3. The van der Waals surface area contributed by atoms with Crippen LogP contribution in [0.25, 0.3) is 0 Å². The zero-order valence-corrected chi connectivity index (χ0v) is 14.0. The van der Waals surface area contributed by atoms with Crippen LogP contribution in [0.3, 0.4) is 0 Å². The van der Waals surface area contributed by atoms with Crippen molar-refractivity contribution in [3.8, 4) is 0 Å². The van der Waals surface area contributed by atoms with Gasteiger partial charge in [-0.05, 0) is 24.3 Å². The molecule has 3 rings (SSSR count). The number of amides is 2. The second-order valence-corrected chi connectivity index (χ2v) is 6.36. The Kier molecular flexibility index (Phi) is 5.30. The topological polar surface area (TPSA) is 101 Å². The van der Waals surface area contributed by atoms with Crippen molar-refractivity contribution in [2.45, 2.75) is 6.42 Å². The highest BCUT2D eigenvalue weighted by Gasteiger charge is 2.29. The zero-order chi connectivity index (χ0) is 17.6. The largest absolute Gasteiger partial charge is 0.352 e. The molecule has 0 atom stereocenters. The van der Waals surface area contributed by atoms with Gasteiger partial charge in [0, 0.05) is 18.3 Å². The molecule has 2 N–H and O–H groups in total. The fourth-order valence-corrected chi connectivity index (χ4v) is 3.16. The predicted octanol–water partition coefficient (Wildman–Crippen LogP) is 2.88. The van der Waals surface area contributed by atoms with E-state index in [0.29, 0.717) is 23.6 Å². The number of anilines is 1. The lowest BCUT2D eigenvalue weighted by molar-refractivity contribution is 0.0967. The molecule has 1 aromatic carbocycles. The maximum absolute atomic E-state index is 12.2. The van der Waals surface area contributed by atoms with Crippen molar-refractivity contribution >= 4 is 35.0 Å². The van der Waals surface area contributed by atoms with Gasteiger partial charge in [-0.25, -0.2) is 4.79 Å². The van der Waals surface area contributed by atoms with Gasteiger partial charge in [0.1, 0.15) is 0 Å². The van der Waals surface area contributed by atoms with Crippen LogP contribution in [0.2, 0.25) is 0 Å². The molecular weight excluding hydrogens is 342 g/mol. The second-order valence-electron chi connectivity index (χ2n) is 5.22. The number of aromatic nitrogens is 1. The maximum atomic E-state index is 12.2. The van der Waals surface area contributed by atoms with Gasteiger partial charge in [-0.2, -0.15) is 0 Å².